The number of benzene rings is 1. The Morgan fingerprint density at radius 3 is 2.50 bits per heavy atom. The van der Waals surface area contributed by atoms with Gasteiger partial charge in [-0.3, -0.25) is 4.79 Å². The second-order valence-electron chi connectivity index (χ2n) is 5.26. The number of anilines is 3. The van der Waals surface area contributed by atoms with Crippen molar-refractivity contribution in [1.29, 1.82) is 0 Å². The molecule has 0 saturated heterocycles. The van der Waals surface area contributed by atoms with Crippen molar-refractivity contribution in [1.82, 2.24) is 20.3 Å². The van der Waals surface area contributed by atoms with E-state index in [1.165, 1.54) is 12.3 Å². The van der Waals surface area contributed by atoms with Gasteiger partial charge in [0.1, 0.15) is 11.6 Å². The standard InChI is InChI=1S/C18H17FN6O/c19-14-6-1-2-7-15(14)25-16-13(5-3-8-20-16)17(26)21-11-12-24-18-22-9-4-10-23-18/h1-10H,11-12H2,(H,20,25)(H,21,26)(H,22,23,24). The molecule has 7 nitrogen and oxygen atoms in total. The van der Waals surface area contributed by atoms with Gasteiger partial charge in [-0.2, -0.15) is 0 Å². The molecular weight excluding hydrogens is 335 g/mol. The van der Waals surface area contributed by atoms with Crippen LogP contribution in [-0.4, -0.2) is 33.9 Å². The number of nitrogens with one attached hydrogen (secondary N) is 3. The Labute approximate surface area is 149 Å². The smallest absolute Gasteiger partial charge is 0.255 e. The van der Waals surface area contributed by atoms with Crippen molar-refractivity contribution in [3.8, 4) is 0 Å². The number of pyridine rings is 1. The minimum absolute atomic E-state index is 0.253. The summed E-state index contributed by atoms with van der Waals surface area (Å²) in [5.41, 5.74) is 0.579. The molecule has 1 amide bonds. The summed E-state index contributed by atoms with van der Waals surface area (Å²) in [7, 11) is 0. The molecule has 2 heterocycles. The molecule has 0 aliphatic heterocycles. The molecule has 0 spiro atoms. The second-order valence-corrected chi connectivity index (χ2v) is 5.26. The fraction of sp³-hybridized carbons (Fsp3) is 0.111. The predicted octanol–water partition coefficient (Wildman–Crippen LogP) is 2.60. The van der Waals surface area contributed by atoms with Crippen molar-refractivity contribution in [2.24, 2.45) is 0 Å². The summed E-state index contributed by atoms with van der Waals surface area (Å²) in [6.07, 6.45) is 4.79. The maximum absolute atomic E-state index is 13.8. The highest BCUT2D eigenvalue weighted by Gasteiger charge is 2.13. The van der Waals surface area contributed by atoms with Crippen LogP contribution in [0.15, 0.2) is 61.1 Å². The highest BCUT2D eigenvalue weighted by Crippen LogP contribution is 2.20. The Morgan fingerprint density at radius 2 is 1.69 bits per heavy atom. The van der Waals surface area contributed by atoms with Gasteiger partial charge in [0.25, 0.3) is 5.91 Å². The Bertz CT molecular complexity index is 874. The van der Waals surface area contributed by atoms with E-state index in [0.717, 1.165) is 0 Å². The van der Waals surface area contributed by atoms with Crippen molar-refractivity contribution in [3.63, 3.8) is 0 Å². The monoisotopic (exact) mass is 352 g/mol. The number of carbonyl (C=O) groups excluding carboxylic acids is 1. The number of amides is 1. The number of rotatable bonds is 7. The van der Waals surface area contributed by atoms with Gasteiger partial charge in [-0.1, -0.05) is 12.1 Å². The SMILES string of the molecule is O=C(NCCNc1ncccn1)c1cccnc1Nc1ccccc1F. The van der Waals surface area contributed by atoms with Crippen LogP contribution in [0.3, 0.4) is 0 Å². The van der Waals surface area contributed by atoms with Gasteiger partial charge in [0.2, 0.25) is 5.95 Å². The third-order valence-electron chi connectivity index (χ3n) is 3.44. The topological polar surface area (TPSA) is 91.8 Å². The molecule has 0 saturated carbocycles. The number of aromatic nitrogens is 3. The van der Waals surface area contributed by atoms with Crippen LogP contribution in [0.4, 0.5) is 21.8 Å². The van der Waals surface area contributed by atoms with Gasteiger partial charge in [0.15, 0.2) is 0 Å². The van der Waals surface area contributed by atoms with Gasteiger partial charge in [-0.15, -0.1) is 0 Å². The van der Waals surface area contributed by atoms with E-state index in [9.17, 15) is 9.18 Å². The van der Waals surface area contributed by atoms with Crippen molar-refractivity contribution in [3.05, 3.63) is 72.4 Å². The summed E-state index contributed by atoms with van der Waals surface area (Å²) in [6.45, 7) is 0.831. The van der Waals surface area contributed by atoms with Crippen LogP contribution in [0.1, 0.15) is 10.4 Å². The molecule has 0 radical (unpaired) electrons. The zero-order chi connectivity index (χ0) is 18.2. The van der Waals surface area contributed by atoms with E-state index in [2.05, 4.69) is 30.9 Å². The lowest BCUT2D eigenvalue weighted by molar-refractivity contribution is 0.0955. The van der Waals surface area contributed by atoms with Crippen LogP contribution >= 0.6 is 0 Å². The van der Waals surface area contributed by atoms with E-state index in [-0.39, 0.29) is 17.4 Å². The molecule has 2 aromatic heterocycles. The van der Waals surface area contributed by atoms with E-state index in [0.29, 0.717) is 24.6 Å². The first-order chi connectivity index (χ1) is 12.7. The minimum Gasteiger partial charge on any atom is -0.352 e. The van der Waals surface area contributed by atoms with E-state index in [4.69, 9.17) is 0 Å². The fourth-order valence-electron chi connectivity index (χ4n) is 2.21. The molecule has 3 N–H and O–H groups in total. The van der Waals surface area contributed by atoms with Crippen LogP contribution in [0, 0.1) is 5.82 Å². The molecular formula is C18H17FN6O. The Balaban J connectivity index is 1.60. The average Bonchev–Trinajstić information content (AvgIpc) is 2.68. The lowest BCUT2D eigenvalue weighted by Crippen LogP contribution is -2.29. The van der Waals surface area contributed by atoms with E-state index in [1.807, 2.05) is 0 Å². The number of nitrogens with zero attached hydrogens (tertiary/aromatic N) is 3. The number of halogens is 1. The van der Waals surface area contributed by atoms with Crippen LogP contribution < -0.4 is 16.0 Å². The fourth-order valence-corrected chi connectivity index (χ4v) is 2.21. The summed E-state index contributed by atoms with van der Waals surface area (Å²) < 4.78 is 13.8. The first-order valence-electron chi connectivity index (χ1n) is 7.99. The van der Waals surface area contributed by atoms with Gasteiger partial charge in [-0.25, -0.2) is 19.3 Å². The van der Waals surface area contributed by atoms with Crippen molar-refractivity contribution < 1.29 is 9.18 Å². The Kier molecular flexibility index (Phi) is 5.66. The lowest BCUT2D eigenvalue weighted by atomic mass is 10.2. The average molecular weight is 352 g/mol. The molecule has 0 atom stereocenters. The molecule has 26 heavy (non-hydrogen) atoms. The Hall–Kier alpha value is -3.55. The number of para-hydroxylation sites is 1. The van der Waals surface area contributed by atoms with Gasteiger partial charge in [0, 0.05) is 31.7 Å². The third kappa shape index (κ3) is 4.50. The van der Waals surface area contributed by atoms with E-state index >= 15 is 0 Å². The summed E-state index contributed by atoms with van der Waals surface area (Å²) >= 11 is 0. The zero-order valence-corrected chi connectivity index (χ0v) is 13.8. The van der Waals surface area contributed by atoms with E-state index < -0.39 is 5.82 Å². The minimum atomic E-state index is -0.420. The summed E-state index contributed by atoms with van der Waals surface area (Å²) in [6, 6.07) is 11.2. The highest BCUT2D eigenvalue weighted by molar-refractivity contribution is 5.99. The quantitative estimate of drug-likeness (QED) is 0.566. The maximum atomic E-state index is 13.8. The summed E-state index contributed by atoms with van der Waals surface area (Å²) in [5, 5.41) is 8.63. The first-order valence-corrected chi connectivity index (χ1v) is 7.99. The molecule has 132 valence electrons. The Morgan fingerprint density at radius 1 is 0.923 bits per heavy atom. The molecule has 3 rings (SSSR count). The second kappa shape index (κ2) is 8.52. The van der Waals surface area contributed by atoms with Crippen molar-refractivity contribution in [2.75, 3.05) is 23.7 Å². The summed E-state index contributed by atoms with van der Waals surface area (Å²) in [4.78, 5) is 24.6. The van der Waals surface area contributed by atoms with Gasteiger partial charge in [0.05, 0.1) is 11.3 Å². The normalized spacial score (nSPS) is 10.2. The highest BCUT2D eigenvalue weighted by atomic mass is 19.1. The maximum Gasteiger partial charge on any atom is 0.255 e. The van der Waals surface area contributed by atoms with Crippen LogP contribution in [0.5, 0.6) is 0 Å². The number of carbonyl (C=O) groups is 1. The van der Waals surface area contributed by atoms with E-state index in [1.54, 1.807) is 48.8 Å². The molecule has 1 aromatic carbocycles. The zero-order valence-electron chi connectivity index (χ0n) is 13.8. The molecule has 3 aromatic rings. The molecule has 0 fully saturated rings. The first kappa shape index (κ1) is 17.3. The van der Waals surface area contributed by atoms with Gasteiger partial charge >= 0.3 is 0 Å². The molecule has 0 aliphatic rings. The van der Waals surface area contributed by atoms with Crippen LogP contribution in [0.2, 0.25) is 0 Å². The summed E-state index contributed by atoms with van der Waals surface area (Å²) in [5.74, 6) is 0.0452. The van der Waals surface area contributed by atoms with Crippen molar-refractivity contribution >= 4 is 23.4 Å². The van der Waals surface area contributed by atoms with Crippen molar-refractivity contribution in [2.45, 2.75) is 0 Å². The largest absolute Gasteiger partial charge is 0.352 e. The molecule has 0 bridgehead atoms. The molecule has 0 aliphatic carbocycles. The molecule has 0 unspecified atom stereocenters. The van der Waals surface area contributed by atoms with Gasteiger partial charge in [-0.05, 0) is 30.3 Å². The van der Waals surface area contributed by atoms with Gasteiger partial charge < -0.3 is 16.0 Å². The van der Waals surface area contributed by atoms with Crippen LogP contribution in [-0.2, 0) is 0 Å². The third-order valence-corrected chi connectivity index (χ3v) is 3.44. The number of hydrogen-bond acceptors (Lipinski definition) is 6. The lowest BCUT2D eigenvalue weighted by Gasteiger charge is -2.12. The number of hydrogen-bond donors (Lipinski definition) is 3. The predicted molar refractivity (Wildman–Crippen MR) is 96.8 cm³/mol. The molecule has 8 heteroatoms. The van der Waals surface area contributed by atoms with Crippen LogP contribution in [0.25, 0.3) is 0 Å².